The molecule has 2 rings (SSSR count). The molecule has 0 saturated carbocycles. The normalized spacial score (nSPS) is 20.3. The molecule has 1 amide bonds. The first kappa shape index (κ1) is 15.8. The summed E-state index contributed by atoms with van der Waals surface area (Å²) in [4.78, 5) is 16.2. The number of ether oxygens (including phenoxy) is 2. The number of alkyl carbamates (subject to hydrolysis) is 1. The second-order valence-electron chi connectivity index (χ2n) is 6.35. The fourth-order valence-corrected chi connectivity index (χ4v) is 2.47. The van der Waals surface area contributed by atoms with Crippen molar-refractivity contribution in [3.63, 3.8) is 0 Å². The molecule has 1 aromatic rings. The molecular weight excluding hydrogens is 270 g/mol. The van der Waals surface area contributed by atoms with Gasteiger partial charge in [-0.15, -0.1) is 0 Å². The van der Waals surface area contributed by atoms with Crippen LogP contribution >= 0.6 is 0 Å². The Hall–Kier alpha value is -1.56. The highest BCUT2D eigenvalue weighted by atomic mass is 16.6. The van der Waals surface area contributed by atoms with Gasteiger partial charge in [-0.25, -0.2) is 9.78 Å². The van der Waals surface area contributed by atoms with Crippen molar-refractivity contribution in [3.05, 3.63) is 18.2 Å². The van der Waals surface area contributed by atoms with E-state index in [0.29, 0.717) is 12.6 Å². The summed E-state index contributed by atoms with van der Waals surface area (Å²) in [5, 5.41) is 2.93. The van der Waals surface area contributed by atoms with Crippen LogP contribution in [0, 0.1) is 0 Å². The maximum atomic E-state index is 12.0. The molecule has 1 fully saturated rings. The Labute approximate surface area is 125 Å². The van der Waals surface area contributed by atoms with Gasteiger partial charge in [0.25, 0.3) is 0 Å². The fourth-order valence-electron chi connectivity index (χ4n) is 2.47. The van der Waals surface area contributed by atoms with Crippen LogP contribution in [-0.2, 0) is 9.47 Å². The van der Waals surface area contributed by atoms with Gasteiger partial charge in [0, 0.05) is 6.61 Å². The lowest BCUT2D eigenvalue weighted by Crippen LogP contribution is -2.35. The molecule has 21 heavy (non-hydrogen) atoms. The van der Waals surface area contributed by atoms with Gasteiger partial charge in [0.15, 0.2) is 0 Å². The third kappa shape index (κ3) is 4.20. The molecule has 0 aromatic carbocycles. The lowest BCUT2D eigenvalue weighted by molar-refractivity contribution is 0.0499. The number of nitrogens with one attached hydrogen (secondary N) is 1. The van der Waals surface area contributed by atoms with E-state index in [4.69, 9.17) is 9.47 Å². The molecule has 6 nitrogen and oxygen atoms in total. The van der Waals surface area contributed by atoms with E-state index < -0.39 is 11.7 Å². The predicted molar refractivity (Wildman–Crippen MR) is 79.1 cm³/mol. The molecule has 1 saturated heterocycles. The van der Waals surface area contributed by atoms with E-state index in [-0.39, 0.29) is 6.04 Å². The summed E-state index contributed by atoms with van der Waals surface area (Å²) in [5.41, 5.74) is 0.501. The van der Waals surface area contributed by atoms with Crippen molar-refractivity contribution in [2.45, 2.75) is 58.2 Å². The summed E-state index contributed by atoms with van der Waals surface area (Å²) in [6, 6.07) is 0.194. The molecular formula is C15H25N3O3. The maximum absolute atomic E-state index is 12.0. The minimum absolute atomic E-state index is 0.108. The van der Waals surface area contributed by atoms with Crippen LogP contribution in [0.5, 0.6) is 0 Å². The average molecular weight is 295 g/mol. The van der Waals surface area contributed by atoms with Crippen LogP contribution in [0.3, 0.4) is 0 Å². The van der Waals surface area contributed by atoms with E-state index in [2.05, 4.69) is 14.9 Å². The van der Waals surface area contributed by atoms with E-state index >= 15 is 0 Å². The molecule has 0 radical (unpaired) electrons. The van der Waals surface area contributed by atoms with Crippen molar-refractivity contribution in [1.29, 1.82) is 0 Å². The zero-order chi connectivity index (χ0) is 15.5. The summed E-state index contributed by atoms with van der Waals surface area (Å²) < 4.78 is 12.9. The number of carbonyl (C=O) groups is 1. The highest BCUT2D eigenvalue weighted by Crippen LogP contribution is 2.25. The first-order valence-electron chi connectivity index (χ1n) is 7.49. The Bertz CT molecular complexity index is 473. The topological polar surface area (TPSA) is 65.4 Å². The number of imidazole rings is 1. The third-order valence-electron chi connectivity index (χ3n) is 3.45. The highest BCUT2D eigenvalue weighted by Gasteiger charge is 2.25. The Morgan fingerprint density at radius 1 is 1.62 bits per heavy atom. The SMILES string of the molecule is CC[C@@H](NC(=O)OC(C)(C)C)c1cncn1C1CCOC1. The Morgan fingerprint density at radius 3 is 2.95 bits per heavy atom. The van der Waals surface area contributed by atoms with E-state index in [0.717, 1.165) is 25.1 Å². The molecule has 6 heteroatoms. The van der Waals surface area contributed by atoms with Gasteiger partial charge in [-0.3, -0.25) is 0 Å². The van der Waals surface area contributed by atoms with Gasteiger partial charge in [-0.2, -0.15) is 0 Å². The molecule has 1 aliphatic rings. The van der Waals surface area contributed by atoms with E-state index in [1.807, 2.05) is 40.2 Å². The van der Waals surface area contributed by atoms with Gasteiger partial charge in [-0.1, -0.05) is 6.92 Å². The summed E-state index contributed by atoms with van der Waals surface area (Å²) in [6.07, 6.45) is 4.98. The standard InChI is InChI=1S/C15H25N3O3/c1-5-12(17-14(19)21-15(2,3)4)13-8-16-10-18(13)11-6-7-20-9-11/h8,10-12H,5-7,9H2,1-4H3,(H,17,19)/t11?,12-/m1/s1. The van der Waals surface area contributed by atoms with Crippen molar-refractivity contribution in [2.24, 2.45) is 0 Å². The van der Waals surface area contributed by atoms with Gasteiger partial charge in [0.1, 0.15) is 5.60 Å². The van der Waals surface area contributed by atoms with Crippen LogP contribution in [0.4, 0.5) is 4.79 Å². The number of carbonyl (C=O) groups excluding carboxylic acids is 1. The van der Waals surface area contributed by atoms with E-state index in [9.17, 15) is 4.79 Å². The fraction of sp³-hybridized carbons (Fsp3) is 0.733. The van der Waals surface area contributed by atoms with Gasteiger partial charge >= 0.3 is 6.09 Å². The number of hydrogen-bond donors (Lipinski definition) is 1. The first-order valence-corrected chi connectivity index (χ1v) is 7.49. The van der Waals surface area contributed by atoms with Gasteiger partial charge < -0.3 is 19.4 Å². The summed E-state index contributed by atoms with van der Waals surface area (Å²) in [6.45, 7) is 9.07. The second-order valence-corrected chi connectivity index (χ2v) is 6.35. The molecule has 1 unspecified atom stereocenters. The Kier molecular flexibility index (Phi) is 4.88. The minimum atomic E-state index is -0.498. The lowest BCUT2D eigenvalue weighted by atomic mass is 10.1. The molecule has 0 aliphatic carbocycles. The molecule has 1 aliphatic heterocycles. The number of aromatic nitrogens is 2. The smallest absolute Gasteiger partial charge is 0.408 e. The summed E-state index contributed by atoms with van der Waals surface area (Å²) in [7, 11) is 0. The van der Waals surface area contributed by atoms with Gasteiger partial charge in [0.05, 0.1) is 36.9 Å². The van der Waals surface area contributed by atoms with Crippen molar-refractivity contribution < 1.29 is 14.3 Å². The Balaban J connectivity index is 2.07. The largest absolute Gasteiger partial charge is 0.444 e. The zero-order valence-corrected chi connectivity index (χ0v) is 13.3. The second kappa shape index (κ2) is 6.47. The Morgan fingerprint density at radius 2 is 2.38 bits per heavy atom. The van der Waals surface area contributed by atoms with Crippen LogP contribution in [0.25, 0.3) is 0 Å². The van der Waals surface area contributed by atoms with Crippen molar-refractivity contribution in [1.82, 2.24) is 14.9 Å². The van der Waals surface area contributed by atoms with Gasteiger partial charge in [-0.05, 0) is 33.6 Å². The monoisotopic (exact) mass is 295 g/mol. The number of nitrogens with zero attached hydrogens (tertiary/aromatic N) is 2. The summed E-state index contributed by atoms with van der Waals surface area (Å²) >= 11 is 0. The third-order valence-corrected chi connectivity index (χ3v) is 3.45. The molecule has 0 bridgehead atoms. The van der Waals surface area contributed by atoms with Crippen molar-refractivity contribution in [2.75, 3.05) is 13.2 Å². The molecule has 1 aromatic heterocycles. The molecule has 0 spiro atoms. The van der Waals surface area contributed by atoms with E-state index in [1.165, 1.54) is 0 Å². The predicted octanol–water partition coefficient (Wildman–Crippen LogP) is 2.82. The first-order chi connectivity index (χ1) is 9.90. The van der Waals surface area contributed by atoms with Crippen LogP contribution in [-0.4, -0.2) is 34.5 Å². The number of hydrogen-bond acceptors (Lipinski definition) is 4. The number of rotatable bonds is 4. The molecule has 1 N–H and O–H groups in total. The van der Waals surface area contributed by atoms with Crippen LogP contribution in [0.2, 0.25) is 0 Å². The molecule has 118 valence electrons. The highest BCUT2D eigenvalue weighted by molar-refractivity contribution is 5.68. The zero-order valence-electron chi connectivity index (χ0n) is 13.3. The lowest BCUT2D eigenvalue weighted by Gasteiger charge is -2.24. The van der Waals surface area contributed by atoms with Crippen LogP contribution in [0.15, 0.2) is 12.5 Å². The van der Waals surface area contributed by atoms with Crippen molar-refractivity contribution in [3.8, 4) is 0 Å². The van der Waals surface area contributed by atoms with Crippen LogP contribution in [0.1, 0.15) is 58.3 Å². The maximum Gasteiger partial charge on any atom is 0.408 e. The number of amides is 1. The molecule has 2 atom stereocenters. The van der Waals surface area contributed by atoms with Crippen molar-refractivity contribution >= 4 is 6.09 Å². The van der Waals surface area contributed by atoms with Crippen LogP contribution < -0.4 is 5.32 Å². The summed E-state index contributed by atoms with van der Waals surface area (Å²) in [5.74, 6) is 0. The molecule has 2 heterocycles. The quantitative estimate of drug-likeness (QED) is 0.927. The average Bonchev–Trinajstić information content (AvgIpc) is 3.03. The minimum Gasteiger partial charge on any atom is -0.444 e. The van der Waals surface area contributed by atoms with Gasteiger partial charge in [0.2, 0.25) is 0 Å². The van der Waals surface area contributed by atoms with E-state index in [1.54, 1.807) is 0 Å².